The van der Waals surface area contributed by atoms with E-state index in [0.717, 1.165) is 12.3 Å². The molecule has 3 heteroatoms. The van der Waals surface area contributed by atoms with Gasteiger partial charge in [0.1, 0.15) is 0 Å². The molecule has 1 aliphatic heterocycles. The Morgan fingerprint density at radius 2 is 1.94 bits per heavy atom. The minimum absolute atomic E-state index is 0.187. The number of rotatable bonds is 1. The van der Waals surface area contributed by atoms with Crippen LogP contribution >= 0.6 is 0 Å². The smallest absolute Gasteiger partial charge is 0.0514 e. The third-order valence-corrected chi connectivity index (χ3v) is 5.18. The topological polar surface area (TPSA) is 29.1 Å². The van der Waals surface area contributed by atoms with E-state index in [4.69, 9.17) is 0 Å². The zero-order chi connectivity index (χ0) is 11.5. The molecule has 0 amide bonds. The summed E-state index contributed by atoms with van der Waals surface area (Å²) in [6.07, 6.45) is 0. The van der Waals surface area contributed by atoms with E-state index < -0.39 is 10.8 Å². The van der Waals surface area contributed by atoms with Crippen molar-refractivity contribution in [2.24, 2.45) is 5.92 Å². The van der Waals surface area contributed by atoms with Crippen LogP contribution in [-0.2, 0) is 10.8 Å². The normalized spacial score (nSPS) is 35.6. The minimum atomic E-state index is -0.725. The Labute approximate surface area is 99.9 Å². The summed E-state index contributed by atoms with van der Waals surface area (Å²) in [7, 11) is -0.725. The van der Waals surface area contributed by atoms with E-state index >= 15 is 0 Å². The standard InChI is InChI=1S/C13H19NOS/c1-10-8-14-13(11(2)16(15)9-10)12-6-4-3-5-7-12/h3-7,10-11,13-14H,8-9H2,1-2H3. The van der Waals surface area contributed by atoms with E-state index in [9.17, 15) is 4.21 Å². The van der Waals surface area contributed by atoms with Crippen molar-refractivity contribution in [3.05, 3.63) is 35.9 Å². The molecule has 0 radical (unpaired) electrons. The molecule has 0 aliphatic carbocycles. The average molecular weight is 237 g/mol. The highest BCUT2D eigenvalue weighted by atomic mass is 32.2. The van der Waals surface area contributed by atoms with Gasteiger partial charge in [0.25, 0.3) is 0 Å². The van der Waals surface area contributed by atoms with Crippen LogP contribution in [0.2, 0.25) is 0 Å². The number of hydrogen-bond acceptors (Lipinski definition) is 2. The lowest BCUT2D eigenvalue weighted by Gasteiger charge is -2.22. The van der Waals surface area contributed by atoms with Crippen LogP contribution in [0.15, 0.2) is 30.3 Å². The highest BCUT2D eigenvalue weighted by Crippen LogP contribution is 2.24. The molecule has 4 atom stereocenters. The van der Waals surface area contributed by atoms with Crippen LogP contribution in [0.5, 0.6) is 0 Å². The van der Waals surface area contributed by atoms with Crippen molar-refractivity contribution in [3.8, 4) is 0 Å². The third kappa shape index (κ3) is 2.53. The van der Waals surface area contributed by atoms with Gasteiger partial charge in [0.05, 0.1) is 5.25 Å². The average Bonchev–Trinajstić information content (AvgIpc) is 2.41. The molecule has 1 saturated heterocycles. The highest BCUT2D eigenvalue weighted by Gasteiger charge is 2.28. The van der Waals surface area contributed by atoms with E-state index in [2.05, 4.69) is 31.3 Å². The maximum Gasteiger partial charge on any atom is 0.0514 e. The maximum absolute atomic E-state index is 12.1. The van der Waals surface area contributed by atoms with Crippen molar-refractivity contribution >= 4 is 10.8 Å². The summed E-state index contributed by atoms with van der Waals surface area (Å²) >= 11 is 0. The van der Waals surface area contributed by atoms with Gasteiger partial charge in [-0.25, -0.2) is 0 Å². The second kappa shape index (κ2) is 5.11. The fraction of sp³-hybridized carbons (Fsp3) is 0.538. The fourth-order valence-corrected chi connectivity index (χ4v) is 3.73. The first-order chi connectivity index (χ1) is 7.68. The van der Waals surface area contributed by atoms with Gasteiger partial charge in [0.15, 0.2) is 0 Å². The molecule has 1 N–H and O–H groups in total. The van der Waals surface area contributed by atoms with Crippen molar-refractivity contribution < 1.29 is 4.21 Å². The van der Waals surface area contributed by atoms with Gasteiger partial charge in [-0.3, -0.25) is 4.21 Å². The number of hydrogen-bond donors (Lipinski definition) is 1. The van der Waals surface area contributed by atoms with Crippen LogP contribution in [0.1, 0.15) is 25.5 Å². The van der Waals surface area contributed by atoms with E-state index in [0.29, 0.717) is 5.92 Å². The minimum Gasteiger partial charge on any atom is -0.309 e. The summed E-state index contributed by atoms with van der Waals surface area (Å²) in [5, 5.41) is 3.72. The molecule has 1 heterocycles. The second-order valence-corrected chi connectivity index (χ2v) is 6.49. The lowest BCUT2D eigenvalue weighted by Crippen LogP contribution is -2.31. The summed E-state index contributed by atoms with van der Waals surface area (Å²) in [5.41, 5.74) is 1.25. The molecule has 16 heavy (non-hydrogen) atoms. The van der Waals surface area contributed by atoms with Crippen molar-refractivity contribution in [2.45, 2.75) is 25.1 Å². The van der Waals surface area contributed by atoms with Crippen molar-refractivity contribution in [1.29, 1.82) is 0 Å². The van der Waals surface area contributed by atoms with Crippen LogP contribution in [0.4, 0.5) is 0 Å². The molecule has 88 valence electrons. The summed E-state index contributed by atoms with van der Waals surface area (Å²) in [4.78, 5) is 0. The Kier molecular flexibility index (Phi) is 3.77. The fourth-order valence-electron chi connectivity index (χ4n) is 2.19. The zero-order valence-electron chi connectivity index (χ0n) is 9.85. The number of benzene rings is 1. The van der Waals surface area contributed by atoms with Gasteiger partial charge in [0, 0.05) is 22.6 Å². The molecule has 2 rings (SSSR count). The first-order valence-corrected chi connectivity index (χ1v) is 7.22. The molecular weight excluding hydrogens is 218 g/mol. The van der Waals surface area contributed by atoms with Crippen LogP contribution in [-0.4, -0.2) is 21.8 Å². The Bertz CT molecular complexity index is 365. The monoisotopic (exact) mass is 237 g/mol. The number of nitrogens with one attached hydrogen (secondary N) is 1. The van der Waals surface area contributed by atoms with E-state index in [1.54, 1.807) is 0 Å². The molecule has 1 aromatic rings. The van der Waals surface area contributed by atoms with Crippen molar-refractivity contribution in [2.75, 3.05) is 12.3 Å². The van der Waals surface area contributed by atoms with E-state index in [1.807, 2.05) is 18.2 Å². The molecule has 2 nitrogen and oxygen atoms in total. The van der Waals surface area contributed by atoms with Crippen LogP contribution < -0.4 is 5.32 Å². The summed E-state index contributed by atoms with van der Waals surface area (Å²) in [6.45, 7) is 5.19. The zero-order valence-corrected chi connectivity index (χ0v) is 10.7. The lowest BCUT2D eigenvalue weighted by molar-refractivity contribution is 0.489. The Balaban J connectivity index is 2.23. The van der Waals surface area contributed by atoms with Gasteiger partial charge in [-0.1, -0.05) is 37.3 Å². The summed E-state index contributed by atoms with van der Waals surface area (Å²) in [6, 6.07) is 10.6. The second-order valence-electron chi connectivity index (χ2n) is 4.65. The largest absolute Gasteiger partial charge is 0.309 e. The SMILES string of the molecule is CC1CNC(c2ccccc2)C(C)S(=O)C1. The highest BCUT2D eigenvalue weighted by molar-refractivity contribution is 7.85. The van der Waals surface area contributed by atoms with Crippen LogP contribution in [0.25, 0.3) is 0 Å². The molecule has 0 spiro atoms. The predicted molar refractivity (Wildman–Crippen MR) is 68.8 cm³/mol. The Morgan fingerprint density at radius 3 is 2.62 bits per heavy atom. The van der Waals surface area contributed by atoms with Gasteiger partial charge >= 0.3 is 0 Å². The maximum atomic E-state index is 12.1. The van der Waals surface area contributed by atoms with Crippen molar-refractivity contribution in [3.63, 3.8) is 0 Å². The first-order valence-electron chi connectivity index (χ1n) is 5.84. The first kappa shape index (κ1) is 11.8. The summed E-state index contributed by atoms with van der Waals surface area (Å²) < 4.78 is 12.1. The lowest BCUT2D eigenvalue weighted by atomic mass is 10.0. The molecule has 0 saturated carbocycles. The van der Waals surface area contributed by atoms with E-state index in [-0.39, 0.29) is 11.3 Å². The Hall–Kier alpha value is -0.670. The van der Waals surface area contributed by atoms with Crippen molar-refractivity contribution in [1.82, 2.24) is 5.32 Å². The molecule has 1 aliphatic rings. The van der Waals surface area contributed by atoms with Gasteiger partial charge in [-0.2, -0.15) is 0 Å². The van der Waals surface area contributed by atoms with Gasteiger partial charge < -0.3 is 5.32 Å². The van der Waals surface area contributed by atoms with Gasteiger partial charge in [-0.15, -0.1) is 0 Å². The molecule has 0 aromatic heterocycles. The third-order valence-electron chi connectivity index (χ3n) is 3.18. The molecular formula is C13H19NOS. The van der Waals surface area contributed by atoms with Crippen LogP contribution in [0.3, 0.4) is 0 Å². The molecule has 4 unspecified atom stereocenters. The molecule has 1 fully saturated rings. The summed E-state index contributed by atoms with van der Waals surface area (Å²) in [5.74, 6) is 1.31. The molecule has 0 bridgehead atoms. The van der Waals surface area contributed by atoms with E-state index in [1.165, 1.54) is 5.56 Å². The predicted octanol–water partition coefficient (Wildman–Crippen LogP) is 2.10. The van der Waals surface area contributed by atoms with Crippen LogP contribution in [0, 0.1) is 5.92 Å². The van der Waals surface area contributed by atoms with Gasteiger partial charge in [-0.05, 0) is 24.9 Å². The van der Waals surface area contributed by atoms with Gasteiger partial charge in [0.2, 0.25) is 0 Å². The molecule has 1 aromatic carbocycles. The Morgan fingerprint density at radius 1 is 1.25 bits per heavy atom. The quantitative estimate of drug-likeness (QED) is 0.810.